The first kappa shape index (κ1) is 43.3. The topological polar surface area (TPSA) is 42.0 Å². The van der Waals surface area contributed by atoms with Crippen molar-refractivity contribution in [2.24, 2.45) is 0 Å². The molecule has 0 atom stereocenters. The van der Waals surface area contributed by atoms with Crippen molar-refractivity contribution in [1.82, 2.24) is 0 Å². The van der Waals surface area contributed by atoms with E-state index in [1.807, 2.05) is 36.4 Å². The lowest BCUT2D eigenvalue weighted by molar-refractivity contribution is -0.131. The monoisotopic (exact) mass is 840 g/mol. The maximum Gasteiger partial charge on any atom is 0.308 e. The molecule has 320 valence electrons. The van der Waals surface area contributed by atoms with Gasteiger partial charge in [0.1, 0.15) is 11.5 Å². The Kier molecular flexibility index (Phi) is 13.4. The van der Waals surface area contributed by atoms with E-state index in [-0.39, 0.29) is 5.97 Å². The molecule has 0 saturated heterocycles. The zero-order valence-corrected chi connectivity index (χ0v) is 37.8. The molecule has 0 aliphatic rings. The largest absolute Gasteiger partial charge is 0.497 e. The number of rotatable bonds is 15. The Morgan fingerprint density at radius 1 is 0.422 bits per heavy atom. The molecule has 0 saturated carbocycles. The van der Waals surface area contributed by atoms with E-state index in [9.17, 15) is 4.79 Å². The summed E-state index contributed by atoms with van der Waals surface area (Å²) < 4.78 is 10.6. The highest BCUT2D eigenvalue weighted by atomic mass is 16.5. The summed E-state index contributed by atoms with van der Waals surface area (Å²) in [5, 5.41) is 0. The SMILES string of the molecule is COc1ccc(CCc2ccc(N(c3cccc(C)c3)c3ccc(-c4ccc(N(c5ccc(CCc6ccc(OC(C)=O)cc6)cc5)c5cccc(C)c5)c(C)c4)cc3C)cc2)cc1. The molecule has 0 N–H and O–H groups in total. The minimum Gasteiger partial charge on any atom is -0.497 e. The summed E-state index contributed by atoms with van der Waals surface area (Å²) in [5.74, 6) is 1.15. The van der Waals surface area contributed by atoms with Crippen molar-refractivity contribution in [3.05, 3.63) is 226 Å². The second-order valence-electron chi connectivity index (χ2n) is 16.8. The number of ether oxygens (including phenoxy) is 2. The van der Waals surface area contributed by atoms with Crippen molar-refractivity contribution in [2.45, 2.75) is 60.3 Å². The summed E-state index contributed by atoms with van der Waals surface area (Å²) in [5.41, 5.74) is 19.1. The number of methoxy groups -OCH3 is 1. The molecule has 0 fully saturated rings. The third kappa shape index (κ3) is 10.4. The molecule has 0 heterocycles. The zero-order valence-electron chi connectivity index (χ0n) is 37.8. The maximum absolute atomic E-state index is 11.3. The van der Waals surface area contributed by atoms with Gasteiger partial charge < -0.3 is 19.3 Å². The molecular weight excluding hydrogens is 785 g/mol. The number of esters is 1. The number of benzene rings is 8. The van der Waals surface area contributed by atoms with E-state index < -0.39 is 0 Å². The van der Waals surface area contributed by atoms with Gasteiger partial charge in [0.05, 0.1) is 7.11 Å². The number of hydrogen-bond acceptors (Lipinski definition) is 5. The van der Waals surface area contributed by atoms with Crippen molar-refractivity contribution < 1.29 is 14.3 Å². The standard InChI is InChI=1S/C59H56N2O3/c1-41-9-7-11-54(37-41)60(52-27-17-46(18-28-52)13-15-48-21-31-56(63-6)32-22-48)58-35-25-50(39-43(58)3)51-26-36-59(44(4)40-51)61(55-12-8-10-42(2)38-55)53-29-19-47(20-30-53)14-16-49-23-33-57(34-24-49)64-45(5)62/h7-12,17-40H,13-16H2,1-6H3. The van der Waals surface area contributed by atoms with Gasteiger partial charge in [0.25, 0.3) is 0 Å². The molecule has 64 heavy (non-hydrogen) atoms. The van der Waals surface area contributed by atoms with Crippen LogP contribution in [-0.4, -0.2) is 13.1 Å². The number of carbonyl (C=O) groups excluding carboxylic acids is 1. The van der Waals surface area contributed by atoms with Crippen LogP contribution >= 0.6 is 0 Å². The molecule has 0 unspecified atom stereocenters. The predicted octanol–water partition coefficient (Wildman–Crippen LogP) is 15.0. The summed E-state index contributed by atoms with van der Waals surface area (Å²) >= 11 is 0. The highest BCUT2D eigenvalue weighted by molar-refractivity contribution is 5.83. The second kappa shape index (κ2) is 19.8. The molecule has 0 amide bonds. The molecule has 0 spiro atoms. The predicted molar refractivity (Wildman–Crippen MR) is 266 cm³/mol. The Hall–Kier alpha value is -7.37. The quantitative estimate of drug-likeness (QED) is 0.0760. The number of nitrogens with zero attached hydrogens (tertiary/aromatic N) is 2. The lowest BCUT2D eigenvalue weighted by Crippen LogP contribution is -2.12. The number of anilines is 6. The van der Waals surface area contributed by atoms with E-state index >= 15 is 0 Å². The van der Waals surface area contributed by atoms with Gasteiger partial charge in [-0.1, -0.05) is 84.9 Å². The first-order chi connectivity index (χ1) is 31.1. The van der Waals surface area contributed by atoms with Gasteiger partial charge in [-0.15, -0.1) is 0 Å². The van der Waals surface area contributed by atoms with E-state index in [0.29, 0.717) is 5.75 Å². The van der Waals surface area contributed by atoms with Gasteiger partial charge in [-0.05, 0) is 206 Å². The molecule has 8 aromatic rings. The van der Waals surface area contributed by atoms with Crippen molar-refractivity contribution in [1.29, 1.82) is 0 Å². The molecule has 0 aliphatic carbocycles. The Bertz CT molecular complexity index is 2850. The smallest absolute Gasteiger partial charge is 0.308 e. The Labute approximate surface area is 379 Å². The molecule has 5 nitrogen and oxygen atoms in total. The first-order valence-corrected chi connectivity index (χ1v) is 22.1. The minimum atomic E-state index is -0.309. The van der Waals surface area contributed by atoms with Gasteiger partial charge in [-0.25, -0.2) is 0 Å². The van der Waals surface area contributed by atoms with Crippen LogP contribution in [0.15, 0.2) is 182 Å². The van der Waals surface area contributed by atoms with Gasteiger partial charge in [0.2, 0.25) is 0 Å². The van der Waals surface area contributed by atoms with Crippen molar-refractivity contribution in [3.63, 3.8) is 0 Å². The van der Waals surface area contributed by atoms with Gasteiger partial charge in [0, 0.05) is 41.0 Å². The highest BCUT2D eigenvalue weighted by Crippen LogP contribution is 2.41. The molecule has 0 bridgehead atoms. The van der Waals surface area contributed by atoms with Crippen LogP contribution in [0.3, 0.4) is 0 Å². The summed E-state index contributed by atoms with van der Waals surface area (Å²) in [6.07, 6.45) is 3.75. The van der Waals surface area contributed by atoms with Crippen LogP contribution in [0.2, 0.25) is 0 Å². The summed E-state index contributed by atoms with van der Waals surface area (Å²) in [7, 11) is 1.70. The average Bonchev–Trinajstić information content (AvgIpc) is 3.30. The van der Waals surface area contributed by atoms with Crippen LogP contribution in [0.1, 0.15) is 51.4 Å². The molecule has 5 heteroatoms. The highest BCUT2D eigenvalue weighted by Gasteiger charge is 2.19. The van der Waals surface area contributed by atoms with Crippen LogP contribution in [0, 0.1) is 27.7 Å². The fourth-order valence-corrected chi connectivity index (χ4v) is 8.44. The Morgan fingerprint density at radius 3 is 1.14 bits per heavy atom. The first-order valence-electron chi connectivity index (χ1n) is 22.1. The molecule has 0 radical (unpaired) electrons. The lowest BCUT2D eigenvalue weighted by Gasteiger charge is -2.28. The van der Waals surface area contributed by atoms with E-state index in [4.69, 9.17) is 9.47 Å². The summed E-state index contributed by atoms with van der Waals surface area (Å²) in [6.45, 7) is 10.1. The fourth-order valence-electron chi connectivity index (χ4n) is 8.44. The normalized spacial score (nSPS) is 11.0. The number of hydrogen-bond donors (Lipinski definition) is 0. The number of carbonyl (C=O) groups is 1. The van der Waals surface area contributed by atoms with Crippen LogP contribution < -0.4 is 19.3 Å². The van der Waals surface area contributed by atoms with E-state index in [1.54, 1.807) is 7.11 Å². The average molecular weight is 841 g/mol. The van der Waals surface area contributed by atoms with Crippen LogP contribution in [0.25, 0.3) is 11.1 Å². The molecule has 8 aromatic carbocycles. The zero-order chi connectivity index (χ0) is 44.6. The van der Waals surface area contributed by atoms with E-state index in [1.165, 1.54) is 62.6 Å². The van der Waals surface area contributed by atoms with Crippen molar-refractivity contribution in [3.8, 4) is 22.6 Å². The van der Waals surface area contributed by atoms with Gasteiger partial charge in [0.15, 0.2) is 0 Å². The third-order valence-electron chi connectivity index (χ3n) is 11.9. The maximum atomic E-state index is 11.3. The fraction of sp³-hybridized carbons (Fsp3) is 0.169. The van der Waals surface area contributed by atoms with E-state index in [0.717, 1.165) is 65.6 Å². The molecular formula is C59H56N2O3. The summed E-state index contributed by atoms with van der Waals surface area (Å²) in [4.78, 5) is 16.1. The lowest BCUT2D eigenvalue weighted by atomic mass is 9.98. The Morgan fingerprint density at radius 2 is 0.797 bits per heavy atom. The van der Waals surface area contributed by atoms with Crippen LogP contribution in [0.4, 0.5) is 34.1 Å². The van der Waals surface area contributed by atoms with Gasteiger partial charge in [-0.2, -0.15) is 0 Å². The minimum absolute atomic E-state index is 0.309. The third-order valence-corrected chi connectivity index (χ3v) is 11.9. The van der Waals surface area contributed by atoms with Gasteiger partial charge in [-0.3, -0.25) is 4.79 Å². The molecule has 0 aliphatic heterocycles. The molecule has 0 aromatic heterocycles. The van der Waals surface area contributed by atoms with Crippen LogP contribution in [-0.2, 0) is 30.5 Å². The van der Waals surface area contributed by atoms with Crippen molar-refractivity contribution >= 4 is 40.1 Å². The number of aryl methyl sites for hydroxylation is 8. The van der Waals surface area contributed by atoms with Crippen LogP contribution in [0.5, 0.6) is 11.5 Å². The van der Waals surface area contributed by atoms with E-state index in [2.05, 4.69) is 183 Å². The summed E-state index contributed by atoms with van der Waals surface area (Å²) in [6, 6.07) is 65.2. The Balaban J connectivity index is 1.03. The van der Waals surface area contributed by atoms with Crippen molar-refractivity contribution in [2.75, 3.05) is 16.9 Å². The molecule has 8 rings (SSSR count). The second-order valence-corrected chi connectivity index (χ2v) is 16.8. The van der Waals surface area contributed by atoms with Gasteiger partial charge >= 0.3 is 5.97 Å².